The van der Waals surface area contributed by atoms with Gasteiger partial charge in [0.2, 0.25) is 10.0 Å². The normalized spacial score (nSPS) is 12.7. The Hall–Kier alpha value is -3.02. The highest BCUT2D eigenvalue weighted by atomic mass is 32.2. The standard InChI is InChI=1S/C18H17N5O2S/c1-14(16-6-8-17(9-7-16)23-13-20-12-21-23)22(2)26(24,25)18-5-3-4-15(10-18)11-19/h3-10,12-14H,1-2H3/t14-/m1/s1. The first-order valence-electron chi connectivity index (χ1n) is 7.86. The molecule has 3 rings (SSSR count). The summed E-state index contributed by atoms with van der Waals surface area (Å²) < 4.78 is 28.7. The summed E-state index contributed by atoms with van der Waals surface area (Å²) in [6.45, 7) is 1.82. The van der Waals surface area contributed by atoms with Crippen LogP contribution in [0.2, 0.25) is 0 Å². The van der Waals surface area contributed by atoms with Gasteiger partial charge < -0.3 is 0 Å². The molecule has 3 aromatic rings. The third-order valence-corrected chi connectivity index (χ3v) is 6.17. The van der Waals surface area contributed by atoms with Crippen LogP contribution < -0.4 is 0 Å². The maximum atomic E-state index is 12.9. The summed E-state index contributed by atoms with van der Waals surface area (Å²) in [7, 11) is -2.19. The third kappa shape index (κ3) is 3.35. The van der Waals surface area contributed by atoms with Crippen molar-refractivity contribution < 1.29 is 8.42 Å². The van der Waals surface area contributed by atoms with E-state index >= 15 is 0 Å². The van der Waals surface area contributed by atoms with Crippen LogP contribution in [0.25, 0.3) is 5.69 Å². The van der Waals surface area contributed by atoms with Gasteiger partial charge in [0.1, 0.15) is 12.7 Å². The molecule has 0 unspecified atom stereocenters. The molecular weight excluding hydrogens is 350 g/mol. The fraction of sp³-hybridized carbons (Fsp3) is 0.167. The van der Waals surface area contributed by atoms with E-state index < -0.39 is 10.0 Å². The van der Waals surface area contributed by atoms with Crippen LogP contribution >= 0.6 is 0 Å². The topological polar surface area (TPSA) is 91.9 Å². The molecule has 0 aliphatic carbocycles. The van der Waals surface area contributed by atoms with E-state index in [1.165, 1.54) is 29.8 Å². The number of sulfonamides is 1. The van der Waals surface area contributed by atoms with Crippen molar-refractivity contribution in [3.05, 3.63) is 72.3 Å². The second-order valence-corrected chi connectivity index (χ2v) is 7.77. The van der Waals surface area contributed by atoms with Gasteiger partial charge in [0.05, 0.1) is 22.2 Å². The van der Waals surface area contributed by atoms with Gasteiger partial charge in [0.15, 0.2) is 0 Å². The average molecular weight is 367 g/mol. The van der Waals surface area contributed by atoms with E-state index in [4.69, 9.17) is 5.26 Å². The van der Waals surface area contributed by atoms with Gasteiger partial charge >= 0.3 is 0 Å². The summed E-state index contributed by atoms with van der Waals surface area (Å²) in [5, 5.41) is 13.1. The Balaban J connectivity index is 1.86. The average Bonchev–Trinajstić information content (AvgIpc) is 3.21. The molecule has 7 nitrogen and oxygen atoms in total. The predicted molar refractivity (Wildman–Crippen MR) is 95.9 cm³/mol. The zero-order valence-corrected chi connectivity index (χ0v) is 15.1. The number of nitrogens with zero attached hydrogens (tertiary/aromatic N) is 5. The van der Waals surface area contributed by atoms with Crippen LogP contribution in [0.3, 0.4) is 0 Å². The monoisotopic (exact) mass is 367 g/mol. The number of nitriles is 1. The molecule has 0 amide bonds. The molecule has 0 aliphatic rings. The van der Waals surface area contributed by atoms with Crippen molar-refractivity contribution in [3.8, 4) is 11.8 Å². The van der Waals surface area contributed by atoms with Gasteiger partial charge in [-0.1, -0.05) is 18.2 Å². The smallest absolute Gasteiger partial charge is 0.223 e. The molecule has 8 heteroatoms. The van der Waals surface area contributed by atoms with Gasteiger partial charge in [0, 0.05) is 13.1 Å². The van der Waals surface area contributed by atoms with Crippen LogP contribution in [0.4, 0.5) is 0 Å². The Bertz CT molecular complexity index is 1040. The van der Waals surface area contributed by atoms with E-state index in [1.807, 2.05) is 37.3 Å². The number of benzene rings is 2. The van der Waals surface area contributed by atoms with Gasteiger partial charge in [-0.3, -0.25) is 0 Å². The molecule has 0 N–H and O–H groups in total. The second-order valence-electron chi connectivity index (χ2n) is 5.77. The number of aromatic nitrogens is 3. The molecule has 1 aromatic heterocycles. The van der Waals surface area contributed by atoms with Crippen molar-refractivity contribution in [2.24, 2.45) is 0 Å². The minimum Gasteiger partial charge on any atom is -0.223 e. The van der Waals surface area contributed by atoms with E-state index in [0.29, 0.717) is 5.56 Å². The molecule has 0 fully saturated rings. The SMILES string of the molecule is C[C@H](c1ccc(-n2cncn2)cc1)N(C)S(=O)(=O)c1cccc(C#N)c1. The molecule has 0 saturated carbocycles. The first-order valence-corrected chi connectivity index (χ1v) is 9.30. The Morgan fingerprint density at radius 3 is 2.54 bits per heavy atom. The Kier molecular flexibility index (Phi) is 4.84. The Labute approximate surface area is 152 Å². The van der Waals surface area contributed by atoms with Gasteiger partial charge in [-0.2, -0.15) is 14.7 Å². The van der Waals surface area contributed by atoms with Gasteiger partial charge in [0.25, 0.3) is 0 Å². The Morgan fingerprint density at radius 1 is 1.19 bits per heavy atom. The first kappa shape index (κ1) is 17.8. The lowest BCUT2D eigenvalue weighted by Crippen LogP contribution is -2.29. The number of hydrogen-bond acceptors (Lipinski definition) is 5. The van der Waals surface area contributed by atoms with E-state index in [-0.39, 0.29) is 10.9 Å². The number of rotatable bonds is 5. The van der Waals surface area contributed by atoms with E-state index in [9.17, 15) is 8.42 Å². The van der Waals surface area contributed by atoms with Crippen LogP contribution in [0.15, 0.2) is 66.1 Å². The van der Waals surface area contributed by atoms with E-state index in [2.05, 4.69) is 10.1 Å². The van der Waals surface area contributed by atoms with Crippen molar-refractivity contribution in [1.82, 2.24) is 19.1 Å². The summed E-state index contributed by atoms with van der Waals surface area (Å²) in [6.07, 6.45) is 3.05. The molecule has 0 aliphatic heterocycles. The lowest BCUT2D eigenvalue weighted by molar-refractivity contribution is 0.398. The quantitative estimate of drug-likeness (QED) is 0.691. The maximum Gasteiger partial charge on any atom is 0.243 e. The van der Waals surface area contributed by atoms with Crippen molar-refractivity contribution >= 4 is 10.0 Å². The number of hydrogen-bond donors (Lipinski definition) is 0. The highest BCUT2D eigenvalue weighted by Gasteiger charge is 2.26. The van der Waals surface area contributed by atoms with Crippen molar-refractivity contribution in [2.75, 3.05) is 7.05 Å². The summed E-state index contributed by atoms with van der Waals surface area (Å²) in [6, 6.07) is 15.0. The lowest BCUT2D eigenvalue weighted by Gasteiger charge is -2.25. The van der Waals surface area contributed by atoms with Gasteiger partial charge in [-0.15, -0.1) is 0 Å². The van der Waals surface area contributed by atoms with Crippen LogP contribution in [0, 0.1) is 11.3 Å². The molecule has 1 atom stereocenters. The molecule has 0 bridgehead atoms. The molecule has 132 valence electrons. The summed E-state index contributed by atoms with van der Waals surface area (Å²) in [5.74, 6) is 0. The van der Waals surface area contributed by atoms with Gasteiger partial charge in [-0.05, 0) is 42.8 Å². The largest absolute Gasteiger partial charge is 0.243 e. The minimum absolute atomic E-state index is 0.102. The van der Waals surface area contributed by atoms with Crippen LogP contribution in [0.5, 0.6) is 0 Å². The highest BCUT2D eigenvalue weighted by Crippen LogP contribution is 2.26. The summed E-state index contributed by atoms with van der Waals surface area (Å²) in [4.78, 5) is 4.01. The predicted octanol–water partition coefficient (Wildman–Crippen LogP) is 2.52. The van der Waals surface area contributed by atoms with Crippen LogP contribution in [-0.2, 0) is 10.0 Å². The fourth-order valence-electron chi connectivity index (χ4n) is 2.56. The highest BCUT2D eigenvalue weighted by molar-refractivity contribution is 7.89. The second kappa shape index (κ2) is 7.07. The zero-order chi connectivity index (χ0) is 18.7. The minimum atomic E-state index is -3.72. The zero-order valence-electron chi connectivity index (χ0n) is 14.3. The molecule has 0 spiro atoms. The van der Waals surface area contributed by atoms with Crippen molar-refractivity contribution in [2.45, 2.75) is 17.9 Å². The van der Waals surface area contributed by atoms with Crippen LogP contribution in [0.1, 0.15) is 24.1 Å². The van der Waals surface area contributed by atoms with E-state index in [1.54, 1.807) is 23.1 Å². The maximum absolute atomic E-state index is 12.9. The van der Waals surface area contributed by atoms with Gasteiger partial charge in [-0.25, -0.2) is 18.1 Å². The fourth-order valence-corrected chi connectivity index (χ4v) is 3.95. The van der Waals surface area contributed by atoms with Crippen molar-refractivity contribution in [3.63, 3.8) is 0 Å². The van der Waals surface area contributed by atoms with E-state index in [0.717, 1.165) is 11.3 Å². The molecule has 0 saturated heterocycles. The molecule has 26 heavy (non-hydrogen) atoms. The van der Waals surface area contributed by atoms with Crippen LogP contribution in [-0.4, -0.2) is 34.5 Å². The summed E-state index contributed by atoms with van der Waals surface area (Å²) in [5.41, 5.74) is 1.99. The molecule has 2 aromatic carbocycles. The molecular formula is C18H17N5O2S. The first-order chi connectivity index (χ1) is 12.4. The Morgan fingerprint density at radius 2 is 1.92 bits per heavy atom. The third-order valence-electron chi connectivity index (χ3n) is 4.24. The molecule has 0 radical (unpaired) electrons. The lowest BCUT2D eigenvalue weighted by atomic mass is 10.1. The summed E-state index contributed by atoms with van der Waals surface area (Å²) >= 11 is 0. The molecule has 1 heterocycles. The van der Waals surface area contributed by atoms with Crippen molar-refractivity contribution in [1.29, 1.82) is 5.26 Å².